The third-order valence-corrected chi connectivity index (χ3v) is 8.96. The van der Waals surface area contributed by atoms with Crippen LogP contribution in [0.1, 0.15) is 32.8 Å². The maximum Gasteiger partial charge on any atom is 0.264 e. The van der Waals surface area contributed by atoms with Crippen molar-refractivity contribution in [3.05, 3.63) is 82.8 Å². The number of nitrogens with zero attached hydrogens (tertiary/aromatic N) is 2. The van der Waals surface area contributed by atoms with E-state index in [-0.39, 0.29) is 29.1 Å². The first-order chi connectivity index (χ1) is 19.5. The lowest BCUT2D eigenvalue weighted by atomic mass is 10.1. The van der Waals surface area contributed by atoms with E-state index in [0.717, 1.165) is 20.8 Å². The Kier molecular flexibility index (Phi) is 11.2. The molecule has 3 aromatic rings. The Morgan fingerprint density at radius 3 is 2.22 bits per heavy atom. The average Bonchev–Trinajstić information content (AvgIpc) is 2.98. The van der Waals surface area contributed by atoms with E-state index in [0.29, 0.717) is 11.5 Å². The van der Waals surface area contributed by atoms with Crippen molar-refractivity contribution in [1.29, 1.82) is 0 Å². The van der Waals surface area contributed by atoms with Gasteiger partial charge in [0.2, 0.25) is 11.8 Å². The molecular weight excluding hydrogens is 610 g/mol. The van der Waals surface area contributed by atoms with Gasteiger partial charge in [-0.25, -0.2) is 8.42 Å². The highest BCUT2D eigenvalue weighted by atomic mass is 79.9. The van der Waals surface area contributed by atoms with Crippen molar-refractivity contribution in [1.82, 2.24) is 10.2 Å². The van der Waals surface area contributed by atoms with Gasteiger partial charge in [0.25, 0.3) is 10.0 Å². The Morgan fingerprint density at radius 1 is 0.927 bits per heavy atom. The van der Waals surface area contributed by atoms with E-state index >= 15 is 0 Å². The molecule has 2 atom stereocenters. The van der Waals surface area contributed by atoms with Crippen LogP contribution in [0.5, 0.6) is 11.5 Å². The number of ether oxygens (including phenoxy) is 2. The van der Waals surface area contributed by atoms with E-state index in [4.69, 9.17) is 9.47 Å². The van der Waals surface area contributed by atoms with E-state index in [1.54, 1.807) is 37.3 Å². The van der Waals surface area contributed by atoms with Gasteiger partial charge >= 0.3 is 0 Å². The van der Waals surface area contributed by atoms with Crippen molar-refractivity contribution in [2.45, 2.75) is 50.7 Å². The molecule has 0 aromatic heterocycles. The number of amides is 2. The van der Waals surface area contributed by atoms with Crippen molar-refractivity contribution in [3.8, 4) is 11.5 Å². The molecule has 0 spiro atoms. The van der Waals surface area contributed by atoms with Crippen molar-refractivity contribution in [3.63, 3.8) is 0 Å². The summed E-state index contributed by atoms with van der Waals surface area (Å²) in [5, 5.41) is 2.93. The molecule has 220 valence electrons. The lowest BCUT2D eigenvalue weighted by Gasteiger charge is -2.32. The summed E-state index contributed by atoms with van der Waals surface area (Å²) in [6.07, 6.45) is 0.723. The highest BCUT2D eigenvalue weighted by molar-refractivity contribution is 9.10. The van der Waals surface area contributed by atoms with Gasteiger partial charge in [0.05, 0.1) is 24.8 Å². The van der Waals surface area contributed by atoms with Gasteiger partial charge < -0.3 is 19.7 Å². The van der Waals surface area contributed by atoms with Crippen LogP contribution < -0.4 is 19.1 Å². The Morgan fingerprint density at radius 2 is 1.61 bits per heavy atom. The van der Waals surface area contributed by atoms with E-state index in [2.05, 4.69) is 21.2 Å². The number of halogens is 1. The number of hydrogen-bond donors (Lipinski definition) is 1. The summed E-state index contributed by atoms with van der Waals surface area (Å²) in [5.74, 6) is -0.165. The zero-order valence-electron chi connectivity index (χ0n) is 23.8. The van der Waals surface area contributed by atoms with Crippen LogP contribution in [0, 0.1) is 0 Å². The standard InChI is InChI=1S/C30H36BrN3O6S/c1-6-21(2)32-30(36)22(3)33(19-23-11-10-12-24(31)17-23)29(35)20-34(41(37,38)26-13-8-7-9-14-26)25-15-16-27(39-4)28(18-25)40-5/h7-18,21-22H,6,19-20H2,1-5H3,(H,32,36)/t21-,22-/m1/s1. The smallest absolute Gasteiger partial charge is 0.264 e. The number of carbonyl (C=O) groups is 2. The van der Waals surface area contributed by atoms with Gasteiger partial charge in [0.1, 0.15) is 12.6 Å². The fourth-order valence-electron chi connectivity index (χ4n) is 4.11. The number of carbonyl (C=O) groups excluding carboxylic acids is 2. The molecule has 9 nitrogen and oxygen atoms in total. The van der Waals surface area contributed by atoms with Crippen LogP contribution in [0.4, 0.5) is 5.69 Å². The Balaban J connectivity index is 2.07. The number of hydrogen-bond acceptors (Lipinski definition) is 6. The molecule has 0 saturated carbocycles. The molecule has 0 aliphatic heterocycles. The van der Waals surface area contributed by atoms with Crippen LogP contribution in [-0.2, 0) is 26.2 Å². The molecule has 11 heteroatoms. The molecule has 0 bridgehead atoms. The zero-order chi connectivity index (χ0) is 30.2. The first kappa shape index (κ1) is 32.0. The molecule has 3 rings (SSSR count). The van der Waals surface area contributed by atoms with Gasteiger partial charge in [-0.15, -0.1) is 0 Å². The molecule has 0 fully saturated rings. The van der Waals surface area contributed by atoms with Crippen molar-refractivity contribution >= 4 is 43.5 Å². The Labute approximate surface area is 250 Å². The summed E-state index contributed by atoms with van der Waals surface area (Å²) in [4.78, 5) is 28.6. The van der Waals surface area contributed by atoms with E-state index < -0.39 is 28.5 Å². The van der Waals surface area contributed by atoms with Crippen molar-refractivity contribution in [2.24, 2.45) is 0 Å². The van der Waals surface area contributed by atoms with Crippen LogP contribution in [0.25, 0.3) is 0 Å². The summed E-state index contributed by atoms with van der Waals surface area (Å²) in [6.45, 7) is 5.02. The minimum absolute atomic E-state index is 0.0173. The van der Waals surface area contributed by atoms with Crippen LogP contribution in [0.2, 0.25) is 0 Å². The number of rotatable bonds is 13. The molecule has 3 aromatic carbocycles. The molecular formula is C30H36BrN3O6S. The van der Waals surface area contributed by atoms with E-state index in [1.165, 1.54) is 37.3 Å². The minimum Gasteiger partial charge on any atom is -0.493 e. The topological polar surface area (TPSA) is 105 Å². The molecule has 0 aliphatic rings. The average molecular weight is 647 g/mol. The van der Waals surface area contributed by atoms with Gasteiger partial charge in [0.15, 0.2) is 11.5 Å². The quantitative estimate of drug-likeness (QED) is 0.281. The fourth-order valence-corrected chi connectivity index (χ4v) is 5.98. The predicted molar refractivity (Wildman–Crippen MR) is 163 cm³/mol. The van der Waals surface area contributed by atoms with Gasteiger partial charge in [-0.05, 0) is 62.2 Å². The van der Waals surface area contributed by atoms with E-state index in [1.807, 2.05) is 38.1 Å². The SMILES string of the molecule is CC[C@@H](C)NC(=O)[C@@H](C)N(Cc1cccc(Br)c1)C(=O)CN(c1ccc(OC)c(OC)c1)S(=O)(=O)c1ccccc1. The van der Waals surface area contributed by atoms with Crippen LogP contribution >= 0.6 is 15.9 Å². The molecule has 2 amide bonds. The number of benzene rings is 3. The molecule has 0 unspecified atom stereocenters. The monoisotopic (exact) mass is 645 g/mol. The maximum absolute atomic E-state index is 14.0. The molecule has 41 heavy (non-hydrogen) atoms. The fraction of sp³-hybridized carbons (Fsp3) is 0.333. The number of anilines is 1. The lowest BCUT2D eigenvalue weighted by molar-refractivity contribution is -0.139. The summed E-state index contributed by atoms with van der Waals surface area (Å²) < 4.78 is 40.4. The van der Waals surface area contributed by atoms with Crippen LogP contribution in [0.15, 0.2) is 82.2 Å². The van der Waals surface area contributed by atoms with Gasteiger partial charge in [0, 0.05) is 23.1 Å². The van der Waals surface area contributed by atoms with Gasteiger partial charge in [-0.3, -0.25) is 13.9 Å². The summed E-state index contributed by atoms with van der Waals surface area (Å²) >= 11 is 3.45. The Bertz CT molecular complexity index is 1450. The second-order valence-corrected chi connectivity index (χ2v) is 12.3. The number of methoxy groups -OCH3 is 2. The molecule has 0 aliphatic carbocycles. The van der Waals surface area contributed by atoms with Crippen molar-refractivity contribution < 1.29 is 27.5 Å². The van der Waals surface area contributed by atoms with Gasteiger partial charge in [-0.1, -0.05) is 53.2 Å². The van der Waals surface area contributed by atoms with Crippen LogP contribution in [0.3, 0.4) is 0 Å². The number of sulfonamides is 1. The third-order valence-electron chi connectivity index (χ3n) is 6.68. The molecule has 0 heterocycles. The van der Waals surface area contributed by atoms with E-state index in [9.17, 15) is 18.0 Å². The summed E-state index contributed by atoms with van der Waals surface area (Å²) in [5.41, 5.74) is 0.985. The first-order valence-electron chi connectivity index (χ1n) is 13.2. The second kappa shape index (κ2) is 14.4. The highest BCUT2D eigenvalue weighted by Crippen LogP contribution is 2.34. The highest BCUT2D eigenvalue weighted by Gasteiger charge is 2.33. The zero-order valence-corrected chi connectivity index (χ0v) is 26.2. The largest absolute Gasteiger partial charge is 0.493 e. The Hall–Kier alpha value is -3.57. The lowest BCUT2D eigenvalue weighted by Crippen LogP contribution is -2.52. The van der Waals surface area contributed by atoms with Gasteiger partial charge in [-0.2, -0.15) is 0 Å². The molecule has 0 radical (unpaired) electrons. The molecule has 1 N–H and O–H groups in total. The molecule has 0 saturated heterocycles. The second-order valence-electron chi connectivity index (χ2n) is 9.51. The first-order valence-corrected chi connectivity index (χ1v) is 15.4. The van der Waals surface area contributed by atoms with Crippen molar-refractivity contribution in [2.75, 3.05) is 25.1 Å². The maximum atomic E-state index is 14.0. The summed E-state index contributed by atoms with van der Waals surface area (Å²) in [7, 11) is -1.27. The number of nitrogens with one attached hydrogen (secondary N) is 1. The summed E-state index contributed by atoms with van der Waals surface area (Å²) in [6, 6.07) is 18.9. The third kappa shape index (κ3) is 8.01. The normalized spacial score (nSPS) is 12.6. The predicted octanol–water partition coefficient (Wildman–Crippen LogP) is 4.99. The van der Waals surface area contributed by atoms with Crippen LogP contribution in [-0.4, -0.2) is 58.0 Å². The minimum atomic E-state index is -4.19.